The van der Waals surface area contributed by atoms with Gasteiger partial charge in [-0.3, -0.25) is 91.2 Å². The lowest BCUT2D eigenvalue weighted by Gasteiger charge is -2.33. The number of hydrogen-bond donors (Lipinski definition) is 28. The fourth-order valence-corrected chi connectivity index (χ4v) is 14.9. The van der Waals surface area contributed by atoms with Crippen LogP contribution in [0.3, 0.4) is 0 Å². The van der Waals surface area contributed by atoms with Gasteiger partial charge in [-0.15, -0.1) is 0 Å². The molecule has 0 fully saturated rings. The Bertz CT molecular complexity index is 5230. The largest absolute Gasteiger partial charge is 0.480 e. The smallest absolute Gasteiger partial charge is 0.327 e. The number of aromatic amines is 1. The van der Waals surface area contributed by atoms with E-state index in [1.54, 1.807) is 128 Å². The molecular formula is C93H128N22O24S2. The Morgan fingerprint density at radius 1 is 0.369 bits per heavy atom. The Labute approximate surface area is 823 Å². The van der Waals surface area contributed by atoms with Crippen LogP contribution in [0.2, 0.25) is 0 Å². The number of amides is 18. The van der Waals surface area contributed by atoms with Crippen LogP contribution >= 0.6 is 25.3 Å². The van der Waals surface area contributed by atoms with Crippen LogP contribution in [0.1, 0.15) is 102 Å². The number of anilines is 1. The standard InChI is InChI=1S/C93H128N22O24S2/c1-50(101-74(122)45-99-73(121)43-96)79(124)100-46-75(123)102-70(48-140)88(133)104-62(34-20-22-36-94)81(126)109-68(42-72(97)120)92(137)115(59-30-16-9-17-31-59)51(2)80(125)105-64(38-55-24-10-6-11-25-55)83(128)106-67(41-58-44-98-61-33-19-18-32-60(58)61)84(129)103-63(35-21-23-37-95)82(127)112-76(52(3)117)89(134)107-65(39-56-26-12-7-13-27-56)85(130)113-77(53(4)118)90(135)108-66(40-57-28-14-8-15-29-57)86(131)114-78(54(5)119)91(136)110-69(47-116)87(132)111-71(49-141)93(138)139/h6-19,24-33,44,50-54,62-71,76-78,98,116-119,140-141H,20-23,34-43,45-49,94-96H2,1-5H3,(H2,97,120)(H,99,121)(H,100,124)(H,101,122)(H,102,123)(H,103,129)(H,104,133)(H,105,125)(H,106,128)(H,107,134)(H,108,135)(H,109,126)(H,110,136)(H,111,132)(H,112,127)(H,113,130)(H,114,131)(H,138,139)/t50-,51-,52+,53+,54+,62-,63-,64-,65-,66-,67-,68-,69-,70-,71-,76-,77-,78-/m0/s1. The van der Waals surface area contributed by atoms with Crippen LogP contribution in [-0.4, -0.2) is 303 Å². The summed E-state index contributed by atoms with van der Waals surface area (Å²) in [5, 5.41) is 92.8. The molecule has 6 rings (SSSR count). The predicted molar refractivity (Wildman–Crippen MR) is 521 cm³/mol. The zero-order chi connectivity index (χ0) is 104. The average molecular weight is 2000 g/mol. The van der Waals surface area contributed by atoms with E-state index < -0.39 is 247 Å². The number of carbonyl (C=O) groups excluding carboxylic acids is 18. The van der Waals surface area contributed by atoms with E-state index in [-0.39, 0.29) is 94.6 Å². The van der Waals surface area contributed by atoms with Gasteiger partial charge < -0.3 is 139 Å². The summed E-state index contributed by atoms with van der Waals surface area (Å²) in [4.78, 5) is 270. The Kier molecular flexibility index (Phi) is 48.8. The molecule has 30 N–H and O–H groups in total. The van der Waals surface area contributed by atoms with Crippen LogP contribution in [0.4, 0.5) is 5.69 Å². The van der Waals surface area contributed by atoms with Gasteiger partial charge in [0.25, 0.3) is 5.91 Å². The first-order chi connectivity index (χ1) is 67.1. The second kappa shape index (κ2) is 59.4. The highest BCUT2D eigenvalue weighted by Crippen LogP contribution is 2.24. The molecule has 0 saturated carbocycles. The number of carboxylic acids is 1. The number of aliphatic hydroxyl groups excluding tert-OH is 4. The van der Waals surface area contributed by atoms with Gasteiger partial charge >= 0.3 is 5.97 Å². The minimum Gasteiger partial charge on any atom is -0.480 e. The summed E-state index contributed by atoms with van der Waals surface area (Å²) in [7, 11) is 0. The molecule has 766 valence electrons. The van der Waals surface area contributed by atoms with Crippen LogP contribution in [-0.2, 0) is 117 Å². The van der Waals surface area contributed by atoms with Gasteiger partial charge in [0.1, 0.15) is 90.6 Å². The van der Waals surface area contributed by atoms with Crippen LogP contribution in [0.15, 0.2) is 152 Å². The highest BCUT2D eigenvalue weighted by atomic mass is 32.1. The van der Waals surface area contributed by atoms with Crippen molar-refractivity contribution in [1.29, 1.82) is 0 Å². The van der Waals surface area contributed by atoms with Crippen LogP contribution < -0.4 is 113 Å². The SMILES string of the molecule is C[C@H](NC(=O)CNC(=O)CN)C(=O)NCC(=O)N[C@@H](CS)C(=O)N[C@@H](CCCCN)C(=O)N[C@@H](CC(N)=O)C(=O)N(c1ccccc1)[C@@H](C)C(=O)N[C@@H](Cc1ccccc1)C(=O)N[C@@H](Cc1c[nH]c2ccccc12)C(=O)N[C@@H](CCCCN)C(=O)N[C@H](C(=O)N[C@@H](Cc1ccccc1)C(=O)N[C@H](C(=O)N[C@@H](Cc1ccccc1)C(=O)N[C@H](C(=O)N[C@@H](CO)C(=O)N[C@@H](CS)C(=O)O)[C@@H](C)O)[C@@H](C)O)[C@@H](C)O. The number of carbonyl (C=O) groups is 19. The third-order valence-electron chi connectivity index (χ3n) is 22.2. The molecule has 0 saturated heterocycles. The Morgan fingerprint density at radius 2 is 0.723 bits per heavy atom. The van der Waals surface area contributed by atoms with E-state index in [1.807, 2.05) is 0 Å². The molecule has 18 amide bonds. The zero-order valence-electron chi connectivity index (χ0n) is 78.4. The lowest BCUT2D eigenvalue weighted by atomic mass is 10.0. The normalized spacial score (nSPS) is 14.9. The topological polar surface area (TPSA) is 741 Å². The van der Waals surface area contributed by atoms with E-state index >= 15 is 24.0 Å². The minimum absolute atomic E-state index is 0.00926. The molecule has 5 aromatic carbocycles. The number of aromatic nitrogens is 1. The van der Waals surface area contributed by atoms with E-state index in [1.165, 1.54) is 38.1 Å². The summed E-state index contributed by atoms with van der Waals surface area (Å²) >= 11 is 8.12. The molecule has 46 nitrogen and oxygen atoms in total. The first kappa shape index (κ1) is 116. The molecule has 0 unspecified atom stereocenters. The molecule has 0 bridgehead atoms. The number of unbranched alkanes of at least 4 members (excludes halogenated alkanes) is 2. The number of fused-ring (bicyclic) bond motifs is 1. The molecule has 0 spiro atoms. The summed E-state index contributed by atoms with van der Waals surface area (Å²) in [5.74, 6) is -21.0. The van der Waals surface area contributed by atoms with Crippen molar-refractivity contribution in [3.63, 3.8) is 0 Å². The lowest BCUT2D eigenvalue weighted by Crippen LogP contribution is -2.64. The number of H-pyrrole nitrogens is 1. The number of primary amides is 1. The molecule has 1 heterocycles. The van der Waals surface area contributed by atoms with E-state index in [0.29, 0.717) is 39.6 Å². The second-order valence-electron chi connectivity index (χ2n) is 33.3. The number of benzene rings is 5. The van der Waals surface area contributed by atoms with Crippen molar-refractivity contribution in [2.75, 3.05) is 55.7 Å². The van der Waals surface area contributed by atoms with Gasteiger partial charge in [-0.2, -0.15) is 25.3 Å². The molecule has 6 aromatic rings. The summed E-state index contributed by atoms with van der Waals surface area (Å²) < 4.78 is 0. The number of thiol groups is 2. The van der Waals surface area contributed by atoms with E-state index in [4.69, 9.17) is 22.9 Å². The molecule has 18 atom stereocenters. The van der Waals surface area contributed by atoms with E-state index in [0.717, 1.165) is 25.7 Å². The van der Waals surface area contributed by atoms with Crippen molar-refractivity contribution >= 4 is 154 Å². The number of nitrogens with one attached hydrogen (secondary N) is 17. The van der Waals surface area contributed by atoms with Crippen molar-refractivity contribution in [1.82, 2.24) is 90.1 Å². The molecule has 0 aliphatic carbocycles. The fraction of sp³-hybridized carbons (Fsp3) is 0.452. The Hall–Kier alpha value is -14.0. The van der Waals surface area contributed by atoms with Gasteiger partial charge in [0.05, 0.1) is 51.0 Å². The number of nitrogens with zero attached hydrogens (tertiary/aromatic N) is 1. The molecule has 0 radical (unpaired) electrons. The number of hydrogen-bond acceptors (Lipinski definition) is 28. The summed E-state index contributed by atoms with van der Waals surface area (Å²) in [6, 6.07) is 13.1. The molecule has 0 aliphatic heterocycles. The molecule has 1 aromatic heterocycles. The number of para-hydroxylation sites is 2. The monoisotopic (exact) mass is 2000 g/mol. The van der Waals surface area contributed by atoms with Crippen molar-refractivity contribution < 1.29 is 117 Å². The molecule has 141 heavy (non-hydrogen) atoms. The highest BCUT2D eigenvalue weighted by molar-refractivity contribution is 7.80. The fourth-order valence-electron chi connectivity index (χ4n) is 14.4. The Balaban J connectivity index is 1.27. The maximum atomic E-state index is 15.5. The summed E-state index contributed by atoms with van der Waals surface area (Å²) in [5.41, 5.74) is 25.1. The van der Waals surface area contributed by atoms with Gasteiger partial charge in [-0.1, -0.05) is 127 Å². The van der Waals surface area contributed by atoms with Crippen LogP contribution in [0.25, 0.3) is 10.9 Å². The highest BCUT2D eigenvalue weighted by Gasteiger charge is 2.42. The number of aliphatic hydroxyl groups is 4. The zero-order valence-corrected chi connectivity index (χ0v) is 80.2. The second-order valence-corrected chi connectivity index (χ2v) is 34.0. The van der Waals surface area contributed by atoms with Crippen molar-refractivity contribution in [3.8, 4) is 0 Å². The maximum absolute atomic E-state index is 15.5. The minimum atomic E-state index is -1.98. The predicted octanol–water partition coefficient (Wildman–Crippen LogP) is -6.93. The third-order valence-corrected chi connectivity index (χ3v) is 22.9. The van der Waals surface area contributed by atoms with E-state index in [2.05, 4.69) is 115 Å². The number of nitrogens with two attached hydrogens (primary N) is 4. The third kappa shape index (κ3) is 37.9. The number of rotatable bonds is 60. The van der Waals surface area contributed by atoms with Gasteiger partial charge in [-0.05, 0) is 127 Å². The average Bonchev–Trinajstić information content (AvgIpc) is 1.76. The number of carboxylic acid groups (broad SMARTS) is 1. The number of aliphatic carboxylic acids is 1. The summed E-state index contributed by atoms with van der Waals surface area (Å²) in [6.45, 7) is 3.43. The van der Waals surface area contributed by atoms with Crippen molar-refractivity contribution in [2.45, 2.75) is 214 Å². The van der Waals surface area contributed by atoms with Crippen molar-refractivity contribution in [3.05, 3.63) is 174 Å². The van der Waals surface area contributed by atoms with Crippen LogP contribution in [0.5, 0.6) is 0 Å². The molecule has 48 heteroatoms. The van der Waals surface area contributed by atoms with Crippen LogP contribution in [0, 0.1) is 0 Å². The van der Waals surface area contributed by atoms with Gasteiger partial charge in [0.2, 0.25) is 100 Å². The first-order valence-electron chi connectivity index (χ1n) is 45.5. The quantitative estimate of drug-likeness (QED) is 0.0125. The summed E-state index contributed by atoms with van der Waals surface area (Å²) in [6.07, 6.45) is -5.49. The lowest BCUT2D eigenvalue weighted by molar-refractivity contribution is -0.142. The van der Waals surface area contributed by atoms with Crippen molar-refractivity contribution in [2.24, 2.45) is 22.9 Å². The molecular weight excluding hydrogens is 1870 g/mol. The van der Waals surface area contributed by atoms with Gasteiger partial charge in [0.15, 0.2) is 0 Å². The molecule has 0 aliphatic rings. The van der Waals surface area contributed by atoms with Gasteiger partial charge in [-0.25, -0.2) is 4.79 Å². The van der Waals surface area contributed by atoms with E-state index in [9.17, 15) is 92.7 Å². The van der Waals surface area contributed by atoms with Gasteiger partial charge in [0, 0.05) is 60.0 Å². The first-order valence-corrected chi connectivity index (χ1v) is 46.7. The Morgan fingerprint density at radius 3 is 1.15 bits per heavy atom. The maximum Gasteiger partial charge on any atom is 0.327 e.